The normalized spacial score (nSPS) is 18.9. The number of nitrogens with zero attached hydrogens (tertiary/aromatic N) is 3. The van der Waals surface area contributed by atoms with Crippen molar-refractivity contribution in [2.45, 2.75) is 19.0 Å². The molecule has 0 radical (unpaired) electrons. The van der Waals surface area contributed by atoms with Crippen molar-refractivity contribution in [1.82, 2.24) is 14.7 Å². The minimum Gasteiger partial charge on any atom is -0.356 e. The number of fused-ring (bicyclic) bond motifs is 1. The topological polar surface area (TPSA) is 75.2 Å². The number of hydrogen-bond donors (Lipinski definition) is 1. The van der Waals surface area contributed by atoms with Gasteiger partial charge in [0.1, 0.15) is 18.0 Å². The second kappa shape index (κ2) is 7.19. The molecule has 3 rings (SSSR count). The van der Waals surface area contributed by atoms with Crippen LogP contribution in [0.25, 0.3) is 10.9 Å². The highest BCUT2D eigenvalue weighted by atomic mass is 32.2. The zero-order chi connectivity index (χ0) is 19.8. The predicted octanol–water partition coefficient (Wildman–Crippen LogP) is 2.55. The molecule has 1 unspecified atom stereocenters. The van der Waals surface area contributed by atoms with Gasteiger partial charge < -0.3 is 4.90 Å². The number of sulfonamides is 1. The molecule has 6 nitrogen and oxygen atoms in total. The van der Waals surface area contributed by atoms with E-state index in [0.29, 0.717) is 13.1 Å². The van der Waals surface area contributed by atoms with Crippen molar-refractivity contribution in [1.29, 1.82) is 0 Å². The first-order valence-electron chi connectivity index (χ1n) is 8.25. The highest BCUT2D eigenvalue weighted by Crippen LogP contribution is 2.36. The summed E-state index contributed by atoms with van der Waals surface area (Å²) >= 11 is 0. The fourth-order valence-corrected chi connectivity index (χ4v) is 3.76. The molecule has 0 aliphatic carbocycles. The lowest BCUT2D eigenvalue weighted by Gasteiger charge is -2.34. The molecular formula is C16H18F4N4O2S. The Bertz CT molecular complexity index is 949. The Morgan fingerprint density at radius 2 is 2.04 bits per heavy atom. The Balaban J connectivity index is 1.93. The third-order valence-corrected chi connectivity index (χ3v) is 5.15. The van der Waals surface area contributed by atoms with E-state index in [1.807, 2.05) is 0 Å². The number of aromatic nitrogens is 2. The summed E-state index contributed by atoms with van der Waals surface area (Å²) < 4.78 is 78.0. The van der Waals surface area contributed by atoms with Crippen LogP contribution in [0.3, 0.4) is 0 Å². The van der Waals surface area contributed by atoms with E-state index in [-0.39, 0.29) is 29.2 Å². The van der Waals surface area contributed by atoms with Gasteiger partial charge >= 0.3 is 6.18 Å². The number of alkyl halides is 3. The first-order chi connectivity index (χ1) is 12.5. The summed E-state index contributed by atoms with van der Waals surface area (Å²) in [5.74, 6) is -1.11. The number of piperidine rings is 1. The van der Waals surface area contributed by atoms with E-state index in [1.165, 1.54) is 6.33 Å². The number of benzene rings is 1. The number of anilines is 1. The smallest absolute Gasteiger partial charge is 0.356 e. The number of halogens is 4. The molecular weight excluding hydrogens is 388 g/mol. The van der Waals surface area contributed by atoms with Crippen LogP contribution in [-0.4, -0.2) is 44.3 Å². The fourth-order valence-electron chi connectivity index (χ4n) is 3.23. The summed E-state index contributed by atoms with van der Waals surface area (Å²) in [6.45, 7) is 1.22. The maximum Gasteiger partial charge on any atom is 0.419 e. The van der Waals surface area contributed by atoms with Gasteiger partial charge in [-0.25, -0.2) is 27.5 Å². The van der Waals surface area contributed by atoms with E-state index in [9.17, 15) is 26.0 Å². The van der Waals surface area contributed by atoms with Gasteiger partial charge in [-0.15, -0.1) is 0 Å². The Morgan fingerprint density at radius 3 is 2.70 bits per heavy atom. The van der Waals surface area contributed by atoms with Crippen LogP contribution in [0.5, 0.6) is 0 Å². The van der Waals surface area contributed by atoms with Gasteiger partial charge in [-0.3, -0.25) is 0 Å². The molecule has 1 N–H and O–H groups in total. The van der Waals surface area contributed by atoms with Crippen LogP contribution in [0.2, 0.25) is 0 Å². The summed E-state index contributed by atoms with van der Waals surface area (Å²) in [4.78, 5) is 9.78. The number of nitrogens with one attached hydrogen (secondary N) is 1. The number of rotatable bonds is 4. The van der Waals surface area contributed by atoms with Crippen molar-refractivity contribution in [2.75, 3.05) is 30.8 Å². The summed E-state index contributed by atoms with van der Waals surface area (Å²) in [7, 11) is -3.33. The van der Waals surface area contributed by atoms with Gasteiger partial charge in [0.2, 0.25) is 10.0 Å². The lowest BCUT2D eigenvalue weighted by atomic mass is 9.98. The predicted molar refractivity (Wildman–Crippen MR) is 92.3 cm³/mol. The van der Waals surface area contributed by atoms with Crippen molar-refractivity contribution >= 4 is 26.7 Å². The lowest BCUT2D eigenvalue weighted by molar-refractivity contribution is -0.139. The Morgan fingerprint density at radius 1 is 1.30 bits per heavy atom. The average Bonchev–Trinajstić information content (AvgIpc) is 2.57. The maximum atomic E-state index is 13.8. The van der Waals surface area contributed by atoms with Crippen LogP contribution in [0.15, 0.2) is 18.5 Å². The third kappa shape index (κ3) is 4.64. The molecule has 1 atom stereocenters. The molecule has 1 aromatic heterocycles. The standard InChI is InChI=1S/C16H18F4N4O2S/c1-27(25,26)23-7-10-3-2-4-24(8-10)15-11-5-12(16(18,19)20)13(17)6-14(11)21-9-22-15/h5-6,9-10,23H,2-4,7-8H2,1H3. The van der Waals surface area contributed by atoms with Gasteiger partial charge in [0.15, 0.2) is 0 Å². The van der Waals surface area contributed by atoms with E-state index < -0.39 is 27.6 Å². The first kappa shape index (κ1) is 19.7. The van der Waals surface area contributed by atoms with Gasteiger partial charge in [0.25, 0.3) is 0 Å². The Hall–Kier alpha value is -2.01. The molecule has 27 heavy (non-hydrogen) atoms. The largest absolute Gasteiger partial charge is 0.419 e. The van der Waals surface area contributed by atoms with E-state index in [4.69, 9.17) is 0 Å². The van der Waals surface area contributed by atoms with Crippen LogP contribution in [0, 0.1) is 11.7 Å². The van der Waals surface area contributed by atoms with Gasteiger partial charge in [-0.05, 0) is 24.8 Å². The first-order valence-corrected chi connectivity index (χ1v) is 10.1. The van der Waals surface area contributed by atoms with Crippen molar-refractivity contribution in [2.24, 2.45) is 5.92 Å². The zero-order valence-corrected chi connectivity index (χ0v) is 15.2. The van der Waals surface area contributed by atoms with Gasteiger partial charge in [-0.1, -0.05) is 0 Å². The molecule has 0 spiro atoms. The molecule has 1 aliphatic rings. The van der Waals surface area contributed by atoms with Gasteiger partial charge in [-0.2, -0.15) is 13.2 Å². The van der Waals surface area contributed by atoms with Crippen molar-refractivity contribution in [3.63, 3.8) is 0 Å². The SMILES string of the molecule is CS(=O)(=O)NCC1CCCN(c2ncnc3cc(F)c(C(F)(F)F)cc23)C1. The molecule has 0 saturated carbocycles. The molecule has 1 aliphatic heterocycles. The molecule has 1 aromatic carbocycles. The van der Waals surface area contributed by atoms with E-state index in [1.54, 1.807) is 4.90 Å². The molecule has 1 fully saturated rings. The number of hydrogen-bond acceptors (Lipinski definition) is 5. The summed E-state index contributed by atoms with van der Waals surface area (Å²) in [5.41, 5.74) is -1.28. The lowest BCUT2D eigenvalue weighted by Crippen LogP contribution is -2.41. The molecule has 2 aromatic rings. The summed E-state index contributed by atoms with van der Waals surface area (Å²) in [6.07, 6.45) is -1.06. The van der Waals surface area contributed by atoms with E-state index >= 15 is 0 Å². The quantitative estimate of drug-likeness (QED) is 0.790. The average molecular weight is 406 g/mol. The van der Waals surface area contributed by atoms with Gasteiger partial charge in [0.05, 0.1) is 17.3 Å². The second-order valence-corrected chi connectivity index (χ2v) is 8.45. The van der Waals surface area contributed by atoms with Crippen LogP contribution in [0.1, 0.15) is 18.4 Å². The van der Waals surface area contributed by atoms with Crippen molar-refractivity contribution in [3.05, 3.63) is 29.8 Å². The molecule has 11 heteroatoms. The molecule has 148 valence electrons. The van der Waals surface area contributed by atoms with Crippen LogP contribution in [0.4, 0.5) is 23.4 Å². The molecule has 2 heterocycles. The highest BCUT2D eigenvalue weighted by Gasteiger charge is 2.35. The third-order valence-electron chi connectivity index (χ3n) is 4.46. The minimum absolute atomic E-state index is 0.0129. The monoisotopic (exact) mass is 406 g/mol. The Kier molecular flexibility index (Phi) is 5.26. The van der Waals surface area contributed by atoms with Crippen molar-refractivity contribution in [3.8, 4) is 0 Å². The van der Waals surface area contributed by atoms with Crippen LogP contribution in [-0.2, 0) is 16.2 Å². The highest BCUT2D eigenvalue weighted by molar-refractivity contribution is 7.88. The zero-order valence-electron chi connectivity index (χ0n) is 14.4. The van der Waals surface area contributed by atoms with Crippen LogP contribution < -0.4 is 9.62 Å². The molecule has 0 bridgehead atoms. The van der Waals surface area contributed by atoms with Crippen molar-refractivity contribution < 1.29 is 26.0 Å². The minimum atomic E-state index is -4.82. The summed E-state index contributed by atoms with van der Waals surface area (Å²) in [5, 5.41) is 0.114. The fraction of sp³-hybridized carbons (Fsp3) is 0.500. The van der Waals surface area contributed by atoms with E-state index in [2.05, 4.69) is 14.7 Å². The van der Waals surface area contributed by atoms with Gasteiger partial charge in [0, 0.05) is 31.1 Å². The van der Waals surface area contributed by atoms with Crippen LogP contribution >= 0.6 is 0 Å². The molecule has 1 saturated heterocycles. The van der Waals surface area contributed by atoms with E-state index in [0.717, 1.165) is 31.2 Å². The molecule has 0 amide bonds. The second-order valence-electron chi connectivity index (χ2n) is 6.62. The maximum absolute atomic E-state index is 13.8. The Labute approximate surface area is 153 Å². The summed E-state index contributed by atoms with van der Waals surface area (Å²) in [6, 6.07) is 1.49.